The first-order valence-electron chi connectivity index (χ1n) is 9.80. The highest BCUT2D eigenvalue weighted by Crippen LogP contribution is 2.29. The molecule has 8 nitrogen and oxygen atoms in total. The van der Waals surface area contributed by atoms with Crippen LogP contribution in [0.2, 0.25) is 0 Å². The van der Waals surface area contributed by atoms with Gasteiger partial charge in [0.15, 0.2) is 0 Å². The van der Waals surface area contributed by atoms with Crippen molar-refractivity contribution in [1.29, 1.82) is 0 Å². The molecule has 1 heterocycles. The van der Waals surface area contributed by atoms with Crippen molar-refractivity contribution in [3.63, 3.8) is 0 Å². The van der Waals surface area contributed by atoms with Gasteiger partial charge in [0, 0.05) is 23.1 Å². The Balaban J connectivity index is 1.68. The number of benzene rings is 2. The first kappa shape index (κ1) is 22.0. The van der Waals surface area contributed by atoms with Crippen molar-refractivity contribution in [1.82, 2.24) is 10.7 Å². The molecule has 3 rings (SSSR count). The van der Waals surface area contributed by atoms with E-state index in [1.165, 1.54) is 17.2 Å². The van der Waals surface area contributed by atoms with E-state index in [9.17, 15) is 9.18 Å². The molecular weight excluding hydrogens is 399 g/mol. The number of anilines is 2. The first-order chi connectivity index (χ1) is 14.9. The van der Waals surface area contributed by atoms with Crippen molar-refractivity contribution >= 4 is 17.5 Å². The molecule has 2 aromatic carbocycles. The summed E-state index contributed by atoms with van der Waals surface area (Å²) in [6, 6.07) is 12.0. The summed E-state index contributed by atoms with van der Waals surface area (Å²) in [5.41, 5.74) is 11.8. The van der Waals surface area contributed by atoms with Gasteiger partial charge in [-0.25, -0.2) is 9.18 Å². The number of nitrogens with one attached hydrogen (secondary N) is 3. The third kappa shape index (κ3) is 5.46. The number of hydrogen-bond donors (Lipinski definition) is 5. The Morgan fingerprint density at radius 2 is 2.06 bits per heavy atom. The third-order valence-electron chi connectivity index (χ3n) is 4.84. The number of carbonyl (C=O) groups is 1. The molecule has 164 valence electrons. The topological polar surface area (TPSA) is 118 Å². The fourth-order valence-electron chi connectivity index (χ4n) is 3.16. The molecule has 1 saturated heterocycles. The van der Waals surface area contributed by atoms with Crippen molar-refractivity contribution in [3.8, 4) is 11.1 Å². The third-order valence-corrected chi connectivity index (χ3v) is 4.84. The second-order valence-corrected chi connectivity index (χ2v) is 7.21. The van der Waals surface area contributed by atoms with Crippen LogP contribution in [-0.2, 0) is 4.74 Å². The van der Waals surface area contributed by atoms with E-state index < -0.39 is 11.9 Å². The minimum atomic E-state index is -0.492. The maximum absolute atomic E-state index is 14.9. The Labute approximate surface area is 180 Å². The smallest absolute Gasteiger partial charge is 0.414 e. The molecule has 1 aliphatic rings. The molecule has 0 aromatic heterocycles. The number of cyclic esters (lactones) is 1. The Bertz CT molecular complexity index is 976. The van der Waals surface area contributed by atoms with Crippen LogP contribution in [-0.4, -0.2) is 31.8 Å². The van der Waals surface area contributed by atoms with Gasteiger partial charge in [-0.15, -0.1) is 0 Å². The normalized spacial score (nSPS) is 16.1. The van der Waals surface area contributed by atoms with E-state index in [0.717, 1.165) is 11.4 Å². The number of ether oxygens (including phenoxy) is 1. The summed E-state index contributed by atoms with van der Waals surface area (Å²) in [6.07, 6.45) is 0.568. The zero-order chi connectivity index (χ0) is 22.4. The lowest BCUT2D eigenvalue weighted by atomic mass is 10.0. The number of nitrogens with zero attached hydrogens (tertiary/aromatic N) is 1. The van der Waals surface area contributed by atoms with Gasteiger partial charge < -0.3 is 26.5 Å². The largest absolute Gasteiger partial charge is 0.442 e. The molecule has 31 heavy (non-hydrogen) atoms. The minimum absolute atomic E-state index is 0.323. The molecule has 0 bridgehead atoms. The molecule has 1 aliphatic heterocycles. The second-order valence-electron chi connectivity index (χ2n) is 7.21. The molecule has 0 radical (unpaired) electrons. The summed E-state index contributed by atoms with van der Waals surface area (Å²) in [5.74, 6) is 4.92. The van der Waals surface area contributed by atoms with Gasteiger partial charge in [0.25, 0.3) is 0 Å². The van der Waals surface area contributed by atoms with Gasteiger partial charge in [-0.1, -0.05) is 18.7 Å². The molecule has 1 amide bonds. The molecule has 0 saturated carbocycles. The predicted molar refractivity (Wildman–Crippen MR) is 120 cm³/mol. The lowest BCUT2D eigenvalue weighted by Crippen LogP contribution is -2.30. The van der Waals surface area contributed by atoms with Gasteiger partial charge in [0.1, 0.15) is 11.9 Å². The van der Waals surface area contributed by atoms with Crippen molar-refractivity contribution in [2.24, 2.45) is 11.6 Å². The first-order valence-corrected chi connectivity index (χ1v) is 9.80. The predicted octanol–water partition coefficient (Wildman–Crippen LogP) is 2.62. The number of nitrogens with two attached hydrogens (primary N) is 2. The average molecular weight is 426 g/mol. The van der Waals surface area contributed by atoms with Gasteiger partial charge in [0.2, 0.25) is 0 Å². The van der Waals surface area contributed by atoms with Crippen LogP contribution in [0.5, 0.6) is 0 Å². The van der Waals surface area contributed by atoms with E-state index >= 15 is 0 Å². The van der Waals surface area contributed by atoms with Crippen molar-refractivity contribution in [2.45, 2.75) is 13.0 Å². The monoisotopic (exact) mass is 426 g/mol. The SMILES string of the molecule is C=C(C)NC[C@H]1CN(c2ccc(-c3ccc(NC/C(=C/N)NN)cc3)c(F)c2)C(=O)O1. The van der Waals surface area contributed by atoms with Gasteiger partial charge in [-0.2, -0.15) is 0 Å². The van der Waals surface area contributed by atoms with Crippen LogP contribution in [0, 0.1) is 5.82 Å². The quantitative estimate of drug-likeness (QED) is 0.309. The maximum atomic E-state index is 14.9. The summed E-state index contributed by atoms with van der Waals surface area (Å²) >= 11 is 0. The summed E-state index contributed by atoms with van der Waals surface area (Å²) in [6.45, 7) is 6.83. The minimum Gasteiger partial charge on any atom is -0.442 e. The maximum Gasteiger partial charge on any atom is 0.414 e. The molecular formula is C22H27FN6O2. The van der Waals surface area contributed by atoms with Crippen LogP contribution >= 0.6 is 0 Å². The van der Waals surface area contributed by atoms with E-state index in [1.807, 2.05) is 31.2 Å². The van der Waals surface area contributed by atoms with Gasteiger partial charge in [-0.3, -0.25) is 10.7 Å². The molecule has 0 unspecified atom stereocenters. The summed E-state index contributed by atoms with van der Waals surface area (Å²) in [5, 5.41) is 6.21. The number of rotatable bonds is 9. The molecule has 0 spiro atoms. The highest BCUT2D eigenvalue weighted by molar-refractivity contribution is 5.90. The van der Waals surface area contributed by atoms with E-state index in [-0.39, 0.29) is 6.10 Å². The van der Waals surface area contributed by atoms with Gasteiger partial charge in [0.05, 0.1) is 31.0 Å². The Kier molecular flexibility index (Phi) is 6.99. The van der Waals surface area contributed by atoms with Crippen molar-refractivity contribution in [3.05, 3.63) is 72.5 Å². The molecule has 2 aromatic rings. The molecule has 1 atom stereocenters. The Morgan fingerprint density at radius 1 is 1.32 bits per heavy atom. The molecule has 1 fully saturated rings. The number of hydrogen-bond acceptors (Lipinski definition) is 7. The van der Waals surface area contributed by atoms with Crippen molar-refractivity contribution in [2.75, 3.05) is 29.9 Å². The lowest BCUT2D eigenvalue weighted by Gasteiger charge is -2.15. The average Bonchev–Trinajstić information content (AvgIpc) is 3.14. The Hall–Kier alpha value is -3.72. The number of hydrazine groups is 1. The lowest BCUT2D eigenvalue weighted by molar-refractivity contribution is 0.141. The van der Waals surface area contributed by atoms with Crippen LogP contribution in [0.15, 0.2) is 66.6 Å². The Morgan fingerprint density at radius 3 is 2.68 bits per heavy atom. The zero-order valence-electron chi connectivity index (χ0n) is 17.3. The second kappa shape index (κ2) is 9.86. The molecule has 7 N–H and O–H groups in total. The standard InChI is InChI=1S/C22H27FN6O2/c1-14(2)26-12-19-13-29(22(30)31-19)18-7-8-20(21(23)9-18)15-3-5-16(6-4-15)27-11-17(10-24)28-25/h3-10,19,26-28H,1,11-13,24-25H2,2H3/b17-10-/t19-/m0/s1. The van der Waals surface area contributed by atoms with Crippen molar-refractivity contribution < 1.29 is 13.9 Å². The summed E-state index contributed by atoms with van der Waals surface area (Å²) < 4.78 is 20.2. The number of amides is 1. The van der Waals surface area contributed by atoms with E-state index in [2.05, 4.69) is 22.6 Å². The number of allylic oxidation sites excluding steroid dienone is 1. The number of carbonyl (C=O) groups excluding carboxylic acids is 1. The number of halogens is 1. The van der Waals surface area contributed by atoms with Crippen LogP contribution < -0.4 is 32.5 Å². The molecule has 0 aliphatic carbocycles. The van der Waals surface area contributed by atoms with Crippen LogP contribution in [0.25, 0.3) is 11.1 Å². The van der Waals surface area contributed by atoms with E-state index in [0.29, 0.717) is 42.1 Å². The van der Waals surface area contributed by atoms with E-state index in [4.69, 9.17) is 16.3 Å². The van der Waals surface area contributed by atoms with Gasteiger partial charge >= 0.3 is 6.09 Å². The van der Waals surface area contributed by atoms with Gasteiger partial charge in [-0.05, 0) is 42.8 Å². The van der Waals surface area contributed by atoms with E-state index in [1.54, 1.807) is 12.1 Å². The fourth-order valence-corrected chi connectivity index (χ4v) is 3.16. The molecule has 9 heteroatoms. The van der Waals surface area contributed by atoms with Crippen LogP contribution in [0.1, 0.15) is 6.92 Å². The van der Waals surface area contributed by atoms with Crippen LogP contribution in [0.4, 0.5) is 20.6 Å². The zero-order valence-corrected chi connectivity index (χ0v) is 17.3. The highest BCUT2D eigenvalue weighted by Gasteiger charge is 2.32. The van der Waals surface area contributed by atoms with Crippen LogP contribution in [0.3, 0.4) is 0 Å². The summed E-state index contributed by atoms with van der Waals surface area (Å²) in [4.78, 5) is 13.6. The fraction of sp³-hybridized carbons (Fsp3) is 0.227. The highest BCUT2D eigenvalue weighted by atomic mass is 19.1. The summed E-state index contributed by atoms with van der Waals surface area (Å²) in [7, 11) is 0.